The van der Waals surface area contributed by atoms with E-state index < -0.39 is 23.7 Å². The molecular weight excluding hydrogens is 696 g/mol. The van der Waals surface area contributed by atoms with Crippen molar-refractivity contribution >= 4 is 11.5 Å². The normalized spacial score (nSPS) is 53.7. The molecule has 0 aliphatic carbocycles. The van der Waals surface area contributed by atoms with Gasteiger partial charge < -0.3 is 52.7 Å². The van der Waals surface area contributed by atoms with Crippen LogP contribution in [0.1, 0.15) is 90.4 Å². The van der Waals surface area contributed by atoms with Crippen LogP contribution in [-0.2, 0) is 52.2 Å². The van der Waals surface area contributed by atoms with Crippen LogP contribution in [0.25, 0.3) is 0 Å². The van der Waals surface area contributed by atoms with Crippen molar-refractivity contribution in [3.63, 3.8) is 0 Å². The van der Waals surface area contributed by atoms with E-state index in [-0.39, 0.29) is 103 Å². The second kappa shape index (κ2) is 14.2. The fourth-order valence-corrected chi connectivity index (χ4v) is 12.2. The Kier molecular flexibility index (Phi) is 9.70. The van der Waals surface area contributed by atoms with Gasteiger partial charge in [0.25, 0.3) is 0 Å². The standard InChI is InChI=1S/C41H60N2O11/c1-20-12-24-10-11-40-18-32-36(53-40)37-38(50-32)39(54-40)41-33(51-37)9-7-25(52-41)14-22(44)15-27-29(49-31(35(27)46-5)16-26(45-4)19-42-3)17-30-34(43-41)21(2)13-23(48-30)6-8-28(20)47-24/h21,23-33,35-39,42H,1,6-19H2,2-5H3/b43-34-/t21-,23+,24+,25-,26+,27+,28+,29+,30-,31-,32-,33+,35-,36+,37+,38?,39-,40+,41+/m1/s1. The number of hydrogen-bond acceptors (Lipinski definition) is 13. The van der Waals surface area contributed by atoms with E-state index in [0.29, 0.717) is 51.5 Å². The molecular formula is C41H60N2O11. The number of carbonyl (C=O) groups is 1. The molecule has 54 heavy (non-hydrogen) atoms. The van der Waals surface area contributed by atoms with Gasteiger partial charge >= 0.3 is 0 Å². The molecule has 0 aromatic carbocycles. The van der Waals surface area contributed by atoms with Gasteiger partial charge in [-0.05, 0) is 63.5 Å². The minimum absolute atomic E-state index is 0.00135. The van der Waals surface area contributed by atoms with Gasteiger partial charge in [-0.1, -0.05) is 13.5 Å². The van der Waals surface area contributed by atoms with Gasteiger partial charge in [0.1, 0.15) is 36.3 Å². The molecule has 12 aliphatic heterocycles. The van der Waals surface area contributed by atoms with Gasteiger partial charge in [-0.15, -0.1) is 0 Å². The Hall–Kier alpha value is -1.36. The highest BCUT2D eigenvalue weighted by atomic mass is 16.8. The highest BCUT2D eigenvalue weighted by Gasteiger charge is 2.73. The van der Waals surface area contributed by atoms with E-state index >= 15 is 0 Å². The molecule has 9 saturated heterocycles. The highest BCUT2D eigenvalue weighted by Crippen LogP contribution is 2.58. The number of fused-ring (bicyclic) bond motifs is 5. The average Bonchev–Trinajstić information content (AvgIpc) is 3.81. The molecule has 1 unspecified atom stereocenters. The van der Waals surface area contributed by atoms with Crippen molar-refractivity contribution in [1.82, 2.24) is 5.32 Å². The largest absolute Gasteiger partial charge is 0.380 e. The number of methoxy groups -OCH3 is 2. The Bertz CT molecular complexity index is 1500. The number of ketones is 1. The molecule has 9 fully saturated rings. The van der Waals surface area contributed by atoms with Gasteiger partial charge in [0.05, 0.1) is 61.0 Å². The molecule has 0 aromatic rings. The molecule has 1 N–H and O–H groups in total. The van der Waals surface area contributed by atoms with Gasteiger partial charge in [-0.25, -0.2) is 0 Å². The molecule has 12 rings (SSSR count). The van der Waals surface area contributed by atoms with Gasteiger partial charge in [0, 0.05) is 70.9 Å². The van der Waals surface area contributed by atoms with Crippen LogP contribution >= 0.6 is 0 Å². The lowest BCUT2D eigenvalue weighted by atomic mass is 9.79. The zero-order chi connectivity index (χ0) is 36.9. The minimum Gasteiger partial charge on any atom is -0.380 e. The molecule has 0 saturated carbocycles. The van der Waals surface area contributed by atoms with E-state index in [1.54, 1.807) is 14.2 Å². The zero-order valence-electron chi connectivity index (χ0n) is 32.4. The summed E-state index contributed by atoms with van der Waals surface area (Å²) in [6.45, 7) is 7.41. The Balaban J connectivity index is 1.08. The first-order chi connectivity index (χ1) is 26.2. The molecule has 0 radical (unpaired) electrons. The van der Waals surface area contributed by atoms with Crippen molar-refractivity contribution in [2.24, 2.45) is 16.8 Å². The Labute approximate surface area is 318 Å². The van der Waals surface area contributed by atoms with Crippen LogP contribution in [0.3, 0.4) is 0 Å². The Morgan fingerprint density at radius 2 is 1.72 bits per heavy atom. The number of aliphatic imine (C=N–C) groups is 1. The Morgan fingerprint density at radius 1 is 0.870 bits per heavy atom. The fourth-order valence-electron chi connectivity index (χ4n) is 12.2. The minimum atomic E-state index is -1.23. The lowest BCUT2D eigenvalue weighted by Crippen LogP contribution is -2.70. The van der Waals surface area contributed by atoms with Crippen molar-refractivity contribution in [1.29, 1.82) is 0 Å². The lowest BCUT2D eigenvalue weighted by Gasteiger charge is -2.54. The topological polar surface area (TPSA) is 134 Å². The van der Waals surface area contributed by atoms with E-state index in [1.807, 2.05) is 7.05 Å². The molecule has 300 valence electrons. The number of nitrogens with zero attached hydrogens (tertiary/aromatic N) is 1. The van der Waals surface area contributed by atoms with Crippen LogP contribution in [0.15, 0.2) is 17.1 Å². The molecule has 13 bridgehead atoms. The number of Topliss-reactive ketones (excluding diaryl/α,β-unsaturated/α-hetero) is 1. The lowest BCUT2D eigenvalue weighted by molar-refractivity contribution is -0.330. The SMILES string of the molecule is C=C1C[C@@H]2CC[C@@]34C[C@H]5OC6[C@@H](O[C@H]7CC[C@@H]8CC(=O)C[C@@H]9[C@@H](OC)[C@@H](C[C@@H](CNC)OC)O[C@H]9C[C@H]9O[C@@H](CC[C@@H]1O2)C[C@@H](C)/C9=N/[C@@]7(O8)[C@@H]6O3)[C@H]5O4. The maximum Gasteiger partial charge on any atom is 0.214 e. The van der Waals surface area contributed by atoms with E-state index in [2.05, 4.69) is 18.8 Å². The van der Waals surface area contributed by atoms with Crippen LogP contribution < -0.4 is 5.32 Å². The second-order valence-corrected chi connectivity index (χ2v) is 18.1. The molecule has 13 nitrogen and oxygen atoms in total. The fraction of sp³-hybridized carbons (Fsp3) is 0.902. The first-order valence-corrected chi connectivity index (χ1v) is 21.0. The third-order valence-electron chi connectivity index (χ3n) is 14.7. The smallest absolute Gasteiger partial charge is 0.214 e. The van der Waals surface area contributed by atoms with Crippen LogP contribution in [0.5, 0.6) is 0 Å². The summed E-state index contributed by atoms with van der Waals surface area (Å²) < 4.78 is 68.3. The number of carbonyl (C=O) groups excluding carboxylic acids is 1. The van der Waals surface area contributed by atoms with Gasteiger partial charge in [0.2, 0.25) is 5.72 Å². The summed E-state index contributed by atoms with van der Waals surface area (Å²) in [6.07, 6.45) is 5.20. The first kappa shape index (κ1) is 36.9. The van der Waals surface area contributed by atoms with Crippen LogP contribution in [0, 0.1) is 11.8 Å². The summed E-state index contributed by atoms with van der Waals surface area (Å²) in [7, 11) is 5.39. The van der Waals surface area contributed by atoms with E-state index in [9.17, 15) is 4.79 Å². The highest BCUT2D eigenvalue weighted by molar-refractivity contribution is 5.92. The second-order valence-electron chi connectivity index (χ2n) is 18.1. The van der Waals surface area contributed by atoms with Crippen molar-refractivity contribution in [2.45, 2.75) is 193 Å². The molecule has 13 heteroatoms. The summed E-state index contributed by atoms with van der Waals surface area (Å²) in [4.78, 5) is 20.0. The van der Waals surface area contributed by atoms with Crippen LogP contribution in [0.4, 0.5) is 0 Å². The summed E-state index contributed by atoms with van der Waals surface area (Å²) in [5, 5.41) is 3.24. The van der Waals surface area contributed by atoms with Crippen molar-refractivity contribution in [3.05, 3.63) is 12.2 Å². The maximum atomic E-state index is 14.2. The van der Waals surface area contributed by atoms with Crippen LogP contribution in [-0.4, -0.2) is 142 Å². The molecule has 12 aliphatic rings. The number of nitrogens with one attached hydrogen (secondary N) is 1. The Morgan fingerprint density at radius 3 is 2.56 bits per heavy atom. The third kappa shape index (κ3) is 6.13. The first-order valence-electron chi connectivity index (χ1n) is 21.0. The van der Waals surface area contributed by atoms with E-state index in [0.717, 1.165) is 43.4 Å². The van der Waals surface area contributed by atoms with Crippen molar-refractivity contribution in [3.8, 4) is 0 Å². The molecule has 0 amide bonds. The molecule has 19 atom stereocenters. The van der Waals surface area contributed by atoms with Crippen molar-refractivity contribution < 1.29 is 52.2 Å². The zero-order valence-corrected chi connectivity index (χ0v) is 32.4. The van der Waals surface area contributed by atoms with Gasteiger partial charge in [-0.3, -0.25) is 9.79 Å². The predicted octanol–water partition coefficient (Wildman–Crippen LogP) is 3.58. The predicted molar refractivity (Wildman–Crippen MR) is 193 cm³/mol. The monoisotopic (exact) mass is 756 g/mol. The third-order valence-corrected chi connectivity index (χ3v) is 14.7. The summed E-state index contributed by atoms with van der Waals surface area (Å²) in [5.41, 5.74) is 0.884. The van der Waals surface area contributed by atoms with Gasteiger partial charge in [-0.2, -0.15) is 0 Å². The number of hydrogen-bond donors (Lipinski definition) is 1. The van der Waals surface area contributed by atoms with Crippen LogP contribution in [0.2, 0.25) is 0 Å². The number of rotatable bonds is 6. The van der Waals surface area contributed by atoms with E-state index in [1.165, 1.54) is 0 Å². The quantitative estimate of drug-likeness (QED) is 0.398. The average molecular weight is 757 g/mol. The van der Waals surface area contributed by atoms with Gasteiger partial charge in [0.15, 0.2) is 5.79 Å². The summed E-state index contributed by atoms with van der Waals surface area (Å²) in [5.74, 6) is -0.782. The summed E-state index contributed by atoms with van der Waals surface area (Å²) in [6, 6.07) is 0. The summed E-state index contributed by atoms with van der Waals surface area (Å²) >= 11 is 0. The number of likely N-dealkylation sites (N-methyl/N-ethyl adjacent to an activating group) is 1. The molecule has 0 aromatic heterocycles. The number of ether oxygens (including phenoxy) is 10. The van der Waals surface area contributed by atoms with E-state index in [4.69, 9.17) is 52.4 Å². The van der Waals surface area contributed by atoms with Crippen molar-refractivity contribution in [2.75, 3.05) is 27.8 Å². The molecule has 2 spiro atoms. The molecule has 12 heterocycles. The maximum absolute atomic E-state index is 14.2.